The summed E-state index contributed by atoms with van der Waals surface area (Å²) in [5.74, 6) is 0.842. The molecule has 1 aliphatic rings. The van der Waals surface area contributed by atoms with Crippen molar-refractivity contribution in [1.29, 1.82) is 0 Å². The van der Waals surface area contributed by atoms with Crippen LogP contribution < -0.4 is 14.8 Å². The van der Waals surface area contributed by atoms with Crippen LogP contribution in [0.1, 0.15) is 35.7 Å². The van der Waals surface area contributed by atoms with Crippen molar-refractivity contribution in [1.82, 2.24) is 0 Å². The third-order valence-electron chi connectivity index (χ3n) is 3.97. The fraction of sp³-hybridized carbons (Fsp3) is 0.300. The third-order valence-corrected chi connectivity index (χ3v) is 3.97. The number of ether oxygens (including phenoxy) is 2. The lowest BCUT2D eigenvalue weighted by Crippen LogP contribution is -2.13. The van der Waals surface area contributed by atoms with Gasteiger partial charge in [-0.1, -0.05) is 6.07 Å². The Morgan fingerprint density at radius 3 is 2.64 bits per heavy atom. The highest BCUT2D eigenvalue weighted by atomic mass is 16.5. The minimum atomic E-state index is -0.447. The lowest BCUT2D eigenvalue weighted by atomic mass is 10.1. The molecule has 1 saturated carbocycles. The first-order valence-corrected chi connectivity index (χ1v) is 8.43. The molecule has 0 atom stereocenters. The summed E-state index contributed by atoms with van der Waals surface area (Å²) in [6, 6.07) is 12.0. The standard InChI is InChI=1S/C20H21NO4/c1-3-24-18-10-9-15(11-13(18)2)20(23)25-17-6-4-5-16(12-17)21-19(22)14-7-8-14/h4-6,9-12,14H,3,7-8H2,1-2H3,(H,21,22). The van der Waals surface area contributed by atoms with E-state index in [1.165, 1.54) is 0 Å². The molecule has 1 amide bonds. The van der Waals surface area contributed by atoms with Crippen LogP contribution in [0.3, 0.4) is 0 Å². The van der Waals surface area contributed by atoms with Crippen molar-refractivity contribution in [2.75, 3.05) is 11.9 Å². The molecule has 0 saturated heterocycles. The van der Waals surface area contributed by atoms with Crippen LogP contribution >= 0.6 is 0 Å². The Labute approximate surface area is 147 Å². The van der Waals surface area contributed by atoms with Gasteiger partial charge in [0, 0.05) is 17.7 Å². The van der Waals surface area contributed by atoms with Gasteiger partial charge in [-0.3, -0.25) is 4.79 Å². The van der Waals surface area contributed by atoms with Crippen LogP contribution in [-0.2, 0) is 4.79 Å². The molecule has 2 aromatic carbocycles. The Morgan fingerprint density at radius 1 is 1.16 bits per heavy atom. The number of benzene rings is 2. The van der Waals surface area contributed by atoms with E-state index in [1.807, 2.05) is 13.8 Å². The molecule has 0 bridgehead atoms. The van der Waals surface area contributed by atoms with E-state index in [0.29, 0.717) is 23.6 Å². The van der Waals surface area contributed by atoms with Gasteiger partial charge in [-0.2, -0.15) is 0 Å². The minimum absolute atomic E-state index is 0.0191. The van der Waals surface area contributed by atoms with Gasteiger partial charge in [0.05, 0.1) is 12.2 Å². The van der Waals surface area contributed by atoms with Gasteiger partial charge in [0.15, 0.2) is 0 Å². The van der Waals surface area contributed by atoms with Crippen molar-refractivity contribution in [2.24, 2.45) is 5.92 Å². The van der Waals surface area contributed by atoms with Gasteiger partial charge in [-0.25, -0.2) is 4.79 Å². The molecular weight excluding hydrogens is 318 g/mol. The topological polar surface area (TPSA) is 64.6 Å². The van der Waals surface area contributed by atoms with Gasteiger partial charge in [0.1, 0.15) is 11.5 Å². The normalized spacial score (nSPS) is 13.2. The predicted molar refractivity (Wildman–Crippen MR) is 95.1 cm³/mol. The summed E-state index contributed by atoms with van der Waals surface area (Å²) >= 11 is 0. The van der Waals surface area contributed by atoms with Crippen molar-refractivity contribution in [3.8, 4) is 11.5 Å². The Kier molecular flexibility index (Phi) is 5.03. The molecule has 1 fully saturated rings. The minimum Gasteiger partial charge on any atom is -0.494 e. The molecule has 5 heteroatoms. The second-order valence-electron chi connectivity index (χ2n) is 6.09. The summed E-state index contributed by atoms with van der Waals surface area (Å²) in [4.78, 5) is 24.2. The lowest BCUT2D eigenvalue weighted by molar-refractivity contribution is -0.117. The van der Waals surface area contributed by atoms with Gasteiger partial charge in [-0.15, -0.1) is 0 Å². The first-order valence-electron chi connectivity index (χ1n) is 8.43. The van der Waals surface area contributed by atoms with Crippen LogP contribution in [0.5, 0.6) is 11.5 Å². The second kappa shape index (κ2) is 7.38. The molecule has 0 heterocycles. The maximum absolute atomic E-state index is 12.3. The van der Waals surface area contributed by atoms with Crippen LogP contribution in [0.15, 0.2) is 42.5 Å². The number of carbonyl (C=O) groups is 2. The molecule has 0 spiro atoms. The van der Waals surface area contributed by atoms with Gasteiger partial charge < -0.3 is 14.8 Å². The number of anilines is 1. The van der Waals surface area contributed by atoms with Crippen LogP contribution in [0, 0.1) is 12.8 Å². The molecule has 25 heavy (non-hydrogen) atoms. The quantitative estimate of drug-likeness (QED) is 0.639. The van der Waals surface area contributed by atoms with Crippen molar-refractivity contribution >= 4 is 17.6 Å². The largest absolute Gasteiger partial charge is 0.494 e. The monoisotopic (exact) mass is 339 g/mol. The zero-order valence-corrected chi connectivity index (χ0v) is 14.4. The van der Waals surface area contributed by atoms with E-state index in [9.17, 15) is 9.59 Å². The van der Waals surface area contributed by atoms with Crippen molar-refractivity contribution in [3.05, 3.63) is 53.6 Å². The first kappa shape index (κ1) is 17.0. The Bertz CT molecular complexity index is 796. The summed E-state index contributed by atoms with van der Waals surface area (Å²) in [6.45, 7) is 4.37. The maximum Gasteiger partial charge on any atom is 0.343 e. The highest BCUT2D eigenvalue weighted by Crippen LogP contribution is 2.30. The summed E-state index contributed by atoms with van der Waals surface area (Å²) in [7, 11) is 0. The number of aryl methyl sites for hydroxylation is 1. The van der Waals surface area contributed by atoms with Crippen LogP contribution in [0.4, 0.5) is 5.69 Å². The third kappa shape index (κ3) is 4.38. The number of amides is 1. The van der Waals surface area contributed by atoms with Gasteiger partial charge >= 0.3 is 5.97 Å². The van der Waals surface area contributed by atoms with E-state index in [4.69, 9.17) is 9.47 Å². The number of rotatable bonds is 6. The molecule has 5 nitrogen and oxygen atoms in total. The van der Waals surface area contributed by atoms with Gasteiger partial charge in [0.2, 0.25) is 5.91 Å². The SMILES string of the molecule is CCOc1ccc(C(=O)Oc2cccc(NC(=O)C3CC3)c2)cc1C. The summed E-state index contributed by atoms with van der Waals surface area (Å²) < 4.78 is 10.9. The highest BCUT2D eigenvalue weighted by Gasteiger charge is 2.29. The zero-order valence-electron chi connectivity index (χ0n) is 14.4. The highest BCUT2D eigenvalue weighted by molar-refractivity contribution is 5.94. The van der Waals surface area contributed by atoms with Gasteiger partial charge in [0.25, 0.3) is 0 Å². The molecule has 1 aliphatic carbocycles. The van der Waals surface area contributed by atoms with E-state index >= 15 is 0 Å². The molecule has 3 rings (SSSR count). The first-order chi connectivity index (χ1) is 12.1. The summed E-state index contributed by atoms with van der Waals surface area (Å²) in [6.07, 6.45) is 1.88. The van der Waals surface area contributed by atoms with Crippen LogP contribution in [0.25, 0.3) is 0 Å². The molecule has 130 valence electrons. The average molecular weight is 339 g/mol. The number of hydrogen-bond acceptors (Lipinski definition) is 4. The number of carbonyl (C=O) groups excluding carboxylic acids is 2. The Hall–Kier alpha value is -2.82. The van der Waals surface area contributed by atoms with E-state index in [0.717, 1.165) is 24.2 Å². The Balaban J connectivity index is 1.68. The number of nitrogens with one attached hydrogen (secondary N) is 1. The molecular formula is C20H21NO4. The molecule has 0 radical (unpaired) electrons. The van der Waals surface area contributed by atoms with Crippen molar-refractivity contribution in [3.63, 3.8) is 0 Å². The maximum atomic E-state index is 12.3. The fourth-order valence-electron chi connectivity index (χ4n) is 2.49. The molecule has 0 aromatic heterocycles. The number of esters is 1. The molecule has 2 aromatic rings. The lowest BCUT2D eigenvalue weighted by Gasteiger charge is -2.10. The second-order valence-corrected chi connectivity index (χ2v) is 6.09. The summed E-state index contributed by atoms with van der Waals surface area (Å²) in [5.41, 5.74) is 1.96. The van der Waals surface area contributed by atoms with Gasteiger partial charge in [-0.05, 0) is 62.6 Å². The smallest absolute Gasteiger partial charge is 0.343 e. The predicted octanol–water partition coefficient (Wildman–Crippen LogP) is 3.96. The zero-order chi connectivity index (χ0) is 17.8. The van der Waals surface area contributed by atoms with Crippen molar-refractivity contribution < 1.29 is 19.1 Å². The van der Waals surface area contributed by atoms with E-state index in [-0.39, 0.29) is 11.8 Å². The molecule has 0 unspecified atom stereocenters. The van der Waals surface area contributed by atoms with E-state index < -0.39 is 5.97 Å². The van der Waals surface area contributed by atoms with Crippen molar-refractivity contribution in [2.45, 2.75) is 26.7 Å². The van der Waals surface area contributed by atoms with Crippen LogP contribution in [0.2, 0.25) is 0 Å². The number of hydrogen-bond donors (Lipinski definition) is 1. The fourth-order valence-corrected chi connectivity index (χ4v) is 2.49. The van der Waals surface area contributed by atoms with E-state index in [2.05, 4.69) is 5.32 Å². The molecule has 1 N–H and O–H groups in total. The summed E-state index contributed by atoms with van der Waals surface area (Å²) in [5, 5.41) is 2.84. The van der Waals surface area contributed by atoms with Crippen LogP contribution in [-0.4, -0.2) is 18.5 Å². The van der Waals surface area contributed by atoms with E-state index in [1.54, 1.807) is 42.5 Å². The Morgan fingerprint density at radius 2 is 1.96 bits per heavy atom. The average Bonchev–Trinajstić information content (AvgIpc) is 3.42. The molecule has 0 aliphatic heterocycles.